The molecule has 2 nitrogen and oxygen atoms in total. The topological polar surface area (TPSA) is 32.3 Å². The first-order valence-electron chi connectivity index (χ1n) is 4.23. The van der Waals surface area contributed by atoms with Crippen molar-refractivity contribution in [3.05, 3.63) is 29.8 Å². The van der Waals surface area contributed by atoms with Crippen LogP contribution >= 0.6 is 0 Å². The van der Waals surface area contributed by atoms with Gasteiger partial charge in [-0.15, -0.1) is 0 Å². The molecule has 1 aromatic rings. The zero-order chi connectivity index (χ0) is 10.0. The van der Waals surface area contributed by atoms with E-state index in [1.165, 1.54) is 0 Å². The second kappa shape index (κ2) is 3.52. The summed E-state index contributed by atoms with van der Waals surface area (Å²) in [7, 11) is 1.86. The minimum absolute atomic E-state index is 0.317. The fourth-order valence-corrected chi connectivity index (χ4v) is 1.26. The summed E-state index contributed by atoms with van der Waals surface area (Å²) in [4.78, 5) is 0. The quantitative estimate of drug-likeness (QED) is 0.681. The minimum atomic E-state index is 0.317. The van der Waals surface area contributed by atoms with Crippen LogP contribution in [-0.2, 0) is 0 Å². The molecule has 0 atom stereocenters. The highest BCUT2D eigenvalue weighted by Gasteiger charge is 2.05. The normalized spacial score (nSPS) is 9.77. The molecule has 0 amide bonds. The molecule has 0 heterocycles. The summed E-state index contributed by atoms with van der Waals surface area (Å²) in [6.45, 7) is 7.65. The van der Waals surface area contributed by atoms with Gasteiger partial charge < -0.3 is 10.4 Å². The lowest BCUT2D eigenvalue weighted by Gasteiger charge is -2.11. The summed E-state index contributed by atoms with van der Waals surface area (Å²) in [5.74, 6) is 0.317. The second-order valence-corrected chi connectivity index (χ2v) is 3.21. The van der Waals surface area contributed by atoms with Gasteiger partial charge in [0.25, 0.3) is 0 Å². The van der Waals surface area contributed by atoms with Crippen LogP contribution < -0.4 is 5.32 Å². The van der Waals surface area contributed by atoms with Crippen molar-refractivity contribution in [2.75, 3.05) is 12.4 Å². The van der Waals surface area contributed by atoms with Crippen LogP contribution in [0.1, 0.15) is 18.1 Å². The van der Waals surface area contributed by atoms with E-state index in [0.29, 0.717) is 5.75 Å². The Bertz CT molecular complexity index is 342. The lowest BCUT2D eigenvalue weighted by Crippen LogP contribution is -1.94. The monoisotopic (exact) mass is 177 g/mol. The van der Waals surface area contributed by atoms with Gasteiger partial charge in [0.05, 0.1) is 0 Å². The molecule has 0 aliphatic carbocycles. The first-order valence-corrected chi connectivity index (χ1v) is 4.23. The molecule has 0 fully saturated rings. The minimum Gasteiger partial charge on any atom is -0.508 e. The molecule has 0 unspecified atom stereocenters. The average molecular weight is 177 g/mol. The average Bonchev–Trinajstić information content (AvgIpc) is 2.08. The number of anilines is 1. The molecule has 0 aromatic heterocycles. The predicted octanol–water partition coefficient (Wildman–Crippen LogP) is 2.78. The van der Waals surface area contributed by atoms with Gasteiger partial charge in [-0.2, -0.15) is 0 Å². The lowest BCUT2D eigenvalue weighted by atomic mass is 10.0. The highest BCUT2D eigenvalue weighted by Crippen LogP contribution is 2.29. The van der Waals surface area contributed by atoms with E-state index in [0.717, 1.165) is 22.4 Å². The molecule has 70 valence electrons. The summed E-state index contributed by atoms with van der Waals surface area (Å²) >= 11 is 0. The van der Waals surface area contributed by atoms with Crippen LogP contribution in [0.5, 0.6) is 5.75 Å². The third-order valence-corrected chi connectivity index (χ3v) is 2.07. The van der Waals surface area contributed by atoms with E-state index in [1.54, 1.807) is 6.07 Å². The van der Waals surface area contributed by atoms with Gasteiger partial charge >= 0.3 is 0 Å². The Morgan fingerprint density at radius 3 is 2.54 bits per heavy atom. The maximum absolute atomic E-state index is 9.50. The van der Waals surface area contributed by atoms with Gasteiger partial charge in [0.15, 0.2) is 0 Å². The first kappa shape index (κ1) is 9.65. The summed E-state index contributed by atoms with van der Waals surface area (Å²) in [5.41, 5.74) is 3.78. The zero-order valence-electron chi connectivity index (χ0n) is 8.31. The van der Waals surface area contributed by atoms with Crippen molar-refractivity contribution < 1.29 is 5.11 Å². The van der Waals surface area contributed by atoms with Crippen LogP contribution in [0.4, 0.5) is 5.69 Å². The van der Waals surface area contributed by atoms with Gasteiger partial charge in [0, 0.05) is 18.3 Å². The number of hydrogen-bond acceptors (Lipinski definition) is 2. The third-order valence-electron chi connectivity index (χ3n) is 2.07. The number of allylic oxidation sites excluding steroid dienone is 1. The van der Waals surface area contributed by atoms with Crippen molar-refractivity contribution in [2.45, 2.75) is 13.8 Å². The molecular weight excluding hydrogens is 162 g/mol. The SMILES string of the molecule is C=C(C)c1cc(O)c(C)cc1NC. The number of aromatic hydroxyl groups is 1. The molecule has 0 bridgehead atoms. The Labute approximate surface area is 78.9 Å². The zero-order valence-corrected chi connectivity index (χ0v) is 8.31. The molecule has 13 heavy (non-hydrogen) atoms. The number of nitrogens with one attached hydrogen (secondary N) is 1. The predicted molar refractivity (Wildman–Crippen MR) is 57.1 cm³/mol. The van der Waals surface area contributed by atoms with Gasteiger partial charge in [-0.05, 0) is 37.1 Å². The molecule has 2 heteroatoms. The number of aryl methyl sites for hydroxylation is 1. The molecular formula is C11H15NO. The Balaban J connectivity index is 3.33. The Kier molecular flexibility index (Phi) is 2.61. The molecule has 0 aliphatic rings. The van der Waals surface area contributed by atoms with Crippen LogP contribution in [0.15, 0.2) is 18.7 Å². The van der Waals surface area contributed by atoms with Gasteiger partial charge in [-0.1, -0.05) is 6.58 Å². The maximum atomic E-state index is 9.50. The molecule has 0 radical (unpaired) electrons. The van der Waals surface area contributed by atoms with Crippen molar-refractivity contribution in [1.29, 1.82) is 0 Å². The number of benzene rings is 1. The van der Waals surface area contributed by atoms with Crippen LogP contribution in [0, 0.1) is 6.92 Å². The Hall–Kier alpha value is -1.44. The molecule has 2 N–H and O–H groups in total. The fraction of sp³-hybridized carbons (Fsp3) is 0.273. The van der Waals surface area contributed by atoms with Crippen molar-refractivity contribution in [3.8, 4) is 5.75 Å². The summed E-state index contributed by atoms with van der Waals surface area (Å²) in [6.07, 6.45) is 0. The van der Waals surface area contributed by atoms with Gasteiger partial charge in [-0.25, -0.2) is 0 Å². The van der Waals surface area contributed by atoms with E-state index >= 15 is 0 Å². The standard InChI is InChI=1S/C11H15NO/c1-7(2)9-6-11(13)8(3)5-10(9)12-4/h5-6,12-13H,1H2,2-4H3. The van der Waals surface area contributed by atoms with Crippen LogP contribution in [0.2, 0.25) is 0 Å². The molecule has 0 aliphatic heterocycles. The van der Waals surface area contributed by atoms with Crippen molar-refractivity contribution in [3.63, 3.8) is 0 Å². The highest BCUT2D eigenvalue weighted by molar-refractivity contribution is 5.75. The van der Waals surface area contributed by atoms with Crippen molar-refractivity contribution >= 4 is 11.3 Å². The molecule has 0 saturated carbocycles. The van der Waals surface area contributed by atoms with Crippen LogP contribution in [0.25, 0.3) is 5.57 Å². The van der Waals surface area contributed by atoms with Crippen molar-refractivity contribution in [1.82, 2.24) is 0 Å². The maximum Gasteiger partial charge on any atom is 0.119 e. The number of phenolic OH excluding ortho intramolecular Hbond substituents is 1. The van der Waals surface area contributed by atoms with E-state index < -0.39 is 0 Å². The largest absolute Gasteiger partial charge is 0.508 e. The Morgan fingerprint density at radius 1 is 1.46 bits per heavy atom. The van der Waals surface area contributed by atoms with E-state index in [4.69, 9.17) is 0 Å². The smallest absolute Gasteiger partial charge is 0.119 e. The van der Waals surface area contributed by atoms with E-state index in [-0.39, 0.29) is 0 Å². The van der Waals surface area contributed by atoms with E-state index in [9.17, 15) is 5.11 Å². The fourth-order valence-electron chi connectivity index (χ4n) is 1.26. The molecule has 0 spiro atoms. The molecule has 0 saturated heterocycles. The van der Waals surface area contributed by atoms with Crippen LogP contribution in [0.3, 0.4) is 0 Å². The van der Waals surface area contributed by atoms with Gasteiger partial charge in [0.1, 0.15) is 5.75 Å². The van der Waals surface area contributed by atoms with Crippen LogP contribution in [-0.4, -0.2) is 12.2 Å². The first-order chi connectivity index (χ1) is 6.06. The number of hydrogen-bond donors (Lipinski definition) is 2. The lowest BCUT2D eigenvalue weighted by molar-refractivity contribution is 0.471. The van der Waals surface area contributed by atoms with E-state index in [1.807, 2.05) is 27.0 Å². The molecule has 1 aromatic carbocycles. The van der Waals surface area contributed by atoms with Gasteiger partial charge in [-0.3, -0.25) is 0 Å². The molecule has 1 rings (SSSR count). The highest BCUT2D eigenvalue weighted by atomic mass is 16.3. The summed E-state index contributed by atoms with van der Waals surface area (Å²) in [5, 5.41) is 12.6. The number of rotatable bonds is 2. The summed E-state index contributed by atoms with van der Waals surface area (Å²) < 4.78 is 0. The second-order valence-electron chi connectivity index (χ2n) is 3.21. The van der Waals surface area contributed by atoms with Gasteiger partial charge in [0.2, 0.25) is 0 Å². The Morgan fingerprint density at radius 2 is 2.08 bits per heavy atom. The number of phenols is 1. The summed E-state index contributed by atoms with van der Waals surface area (Å²) in [6, 6.07) is 3.66. The van der Waals surface area contributed by atoms with Crippen molar-refractivity contribution in [2.24, 2.45) is 0 Å². The van der Waals surface area contributed by atoms with E-state index in [2.05, 4.69) is 11.9 Å². The third kappa shape index (κ3) is 1.83.